The Morgan fingerprint density at radius 2 is 2.06 bits per heavy atom. The van der Waals surface area contributed by atoms with Crippen LogP contribution in [0.1, 0.15) is 5.56 Å². The third-order valence-corrected chi connectivity index (χ3v) is 2.55. The molecular formula is C12H8Cl2N2O. The van der Waals surface area contributed by atoms with Gasteiger partial charge in [0.25, 0.3) is 0 Å². The lowest BCUT2D eigenvalue weighted by atomic mass is 10.2. The Kier molecular flexibility index (Phi) is 3.61. The second kappa shape index (κ2) is 5.17. The number of aliphatic imine (C=N–C) groups is 1. The first-order valence-electron chi connectivity index (χ1n) is 4.80. The Balaban J connectivity index is 2.33. The Hall–Kier alpha value is -1.58. The average Bonchev–Trinajstić information content (AvgIpc) is 2.33. The Labute approximate surface area is 108 Å². The highest BCUT2D eigenvalue weighted by Crippen LogP contribution is 2.30. The molecule has 17 heavy (non-hydrogen) atoms. The number of hydrogen-bond donors (Lipinski definition) is 1. The van der Waals surface area contributed by atoms with Crippen molar-refractivity contribution >= 4 is 35.2 Å². The number of rotatable bonds is 2. The van der Waals surface area contributed by atoms with E-state index in [-0.39, 0.29) is 10.8 Å². The number of halogens is 2. The molecular weight excluding hydrogens is 259 g/mol. The molecule has 1 N–H and O–H groups in total. The van der Waals surface area contributed by atoms with Crippen molar-refractivity contribution in [1.82, 2.24) is 4.98 Å². The molecule has 0 unspecified atom stereocenters. The van der Waals surface area contributed by atoms with E-state index in [1.54, 1.807) is 24.4 Å². The van der Waals surface area contributed by atoms with Crippen LogP contribution in [0.2, 0.25) is 10.0 Å². The van der Waals surface area contributed by atoms with Crippen LogP contribution in [-0.4, -0.2) is 16.3 Å². The number of aromatic hydroxyl groups is 1. The highest BCUT2D eigenvalue weighted by molar-refractivity contribution is 6.36. The summed E-state index contributed by atoms with van der Waals surface area (Å²) < 4.78 is 0. The quantitative estimate of drug-likeness (QED) is 0.840. The third-order valence-electron chi connectivity index (χ3n) is 2.04. The molecule has 2 aromatic rings. The van der Waals surface area contributed by atoms with E-state index in [9.17, 15) is 5.11 Å². The molecule has 1 heterocycles. The normalized spacial score (nSPS) is 10.9. The van der Waals surface area contributed by atoms with Gasteiger partial charge in [-0.25, -0.2) is 9.98 Å². The minimum atomic E-state index is -0.0456. The molecule has 2 rings (SSSR count). The fourth-order valence-corrected chi connectivity index (χ4v) is 1.76. The summed E-state index contributed by atoms with van der Waals surface area (Å²) in [5.41, 5.74) is 0.452. The van der Waals surface area contributed by atoms with Crippen LogP contribution in [0.15, 0.2) is 41.5 Å². The number of aromatic nitrogens is 1. The van der Waals surface area contributed by atoms with Gasteiger partial charge in [-0.3, -0.25) is 0 Å². The van der Waals surface area contributed by atoms with Crippen LogP contribution in [0.4, 0.5) is 5.82 Å². The lowest BCUT2D eigenvalue weighted by molar-refractivity contribution is 0.475. The number of nitrogens with zero attached hydrogens (tertiary/aromatic N) is 2. The molecule has 0 saturated heterocycles. The molecule has 0 radical (unpaired) electrons. The molecule has 0 atom stereocenters. The lowest BCUT2D eigenvalue weighted by Crippen LogP contribution is -1.84. The van der Waals surface area contributed by atoms with E-state index in [1.165, 1.54) is 12.3 Å². The maximum Gasteiger partial charge on any atom is 0.151 e. The summed E-state index contributed by atoms with van der Waals surface area (Å²) >= 11 is 11.6. The second-order valence-electron chi connectivity index (χ2n) is 3.27. The molecule has 0 bridgehead atoms. The number of hydrogen-bond acceptors (Lipinski definition) is 3. The number of pyridine rings is 1. The zero-order valence-corrected chi connectivity index (χ0v) is 10.2. The van der Waals surface area contributed by atoms with E-state index >= 15 is 0 Å². The van der Waals surface area contributed by atoms with Crippen molar-refractivity contribution < 1.29 is 5.11 Å². The molecule has 0 saturated carbocycles. The maximum absolute atomic E-state index is 9.70. The first-order chi connectivity index (χ1) is 8.16. The smallest absolute Gasteiger partial charge is 0.151 e. The largest absolute Gasteiger partial charge is 0.506 e. The van der Waals surface area contributed by atoms with Gasteiger partial charge in [0.2, 0.25) is 0 Å². The molecule has 0 aliphatic carbocycles. The van der Waals surface area contributed by atoms with E-state index in [2.05, 4.69) is 9.98 Å². The van der Waals surface area contributed by atoms with Gasteiger partial charge in [-0.1, -0.05) is 29.3 Å². The van der Waals surface area contributed by atoms with Crippen molar-refractivity contribution in [2.45, 2.75) is 0 Å². The molecule has 0 amide bonds. The van der Waals surface area contributed by atoms with Gasteiger partial charge in [0.05, 0.1) is 5.02 Å². The minimum Gasteiger partial charge on any atom is -0.506 e. The lowest BCUT2D eigenvalue weighted by Gasteiger charge is -2.01. The van der Waals surface area contributed by atoms with Crippen LogP contribution in [0.25, 0.3) is 0 Å². The maximum atomic E-state index is 9.70. The molecule has 0 aliphatic rings. The highest BCUT2D eigenvalue weighted by Gasteiger charge is 2.05. The van der Waals surface area contributed by atoms with Crippen molar-refractivity contribution in [2.75, 3.05) is 0 Å². The van der Waals surface area contributed by atoms with E-state index in [4.69, 9.17) is 23.2 Å². The summed E-state index contributed by atoms with van der Waals surface area (Å²) in [6.07, 6.45) is 3.10. The van der Waals surface area contributed by atoms with Gasteiger partial charge < -0.3 is 5.11 Å². The molecule has 1 aromatic heterocycles. The third kappa shape index (κ3) is 2.96. The van der Waals surface area contributed by atoms with Crippen LogP contribution in [0.5, 0.6) is 5.75 Å². The molecule has 1 aromatic carbocycles. The summed E-state index contributed by atoms with van der Waals surface area (Å²) in [7, 11) is 0. The molecule has 5 heteroatoms. The highest BCUT2D eigenvalue weighted by atomic mass is 35.5. The molecule has 86 valence electrons. The summed E-state index contributed by atoms with van der Waals surface area (Å²) in [5.74, 6) is 0.499. The molecule has 0 fully saturated rings. The van der Waals surface area contributed by atoms with Gasteiger partial charge in [0.1, 0.15) is 5.75 Å². The molecule has 3 nitrogen and oxygen atoms in total. The Morgan fingerprint density at radius 3 is 2.76 bits per heavy atom. The standard InChI is InChI=1S/C12H8Cl2N2O/c13-9-5-8(12(17)10(14)6-9)7-16-11-3-1-2-4-15-11/h1-7,17H/b16-7+. The van der Waals surface area contributed by atoms with Gasteiger partial charge in [0, 0.05) is 23.0 Å². The van der Waals surface area contributed by atoms with E-state index in [1.807, 2.05) is 6.07 Å². The fraction of sp³-hybridized carbons (Fsp3) is 0. The van der Waals surface area contributed by atoms with Gasteiger partial charge in [0.15, 0.2) is 5.82 Å². The monoisotopic (exact) mass is 266 g/mol. The fourth-order valence-electron chi connectivity index (χ4n) is 1.25. The average molecular weight is 267 g/mol. The number of phenolic OH excluding ortho intramolecular Hbond substituents is 1. The van der Waals surface area contributed by atoms with Crippen LogP contribution >= 0.6 is 23.2 Å². The predicted molar refractivity (Wildman–Crippen MR) is 69.6 cm³/mol. The van der Waals surface area contributed by atoms with Crippen LogP contribution in [0, 0.1) is 0 Å². The van der Waals surface area contributed by atoms with E-state index in [0.717, 1.165) is 0 Å². The minimum absolute atomic E-state index is 0.0456. The second-order valence-corrected chi connectivity index (χ2v) is 4.12. The van der Waals surface area contributed by atoms with Gasteiger partial charge >= 0.3 is 0 Å². The van der Waals surface area contributed by atoms with Gasteiger partial charge in [-0.15, -0.1) is 0 Å². The van der Waals surface area contributed by atoms with Crippen LogP contribution in [-0.2, 0) is 0 Å². The number of phenols is 1. The molecule has 0 aliphatic heterocycles. The van der Waals surface area contributed by atoms with Crippen LogP contribution < -0.4 is 0 Å². The van der Waals surface area contributed by atoms with Crippen molar-refractivity contribution in [3.05, 3.63) is 52.1 Å². The van der Waals surface area contributed by atoms with Crippen molar-refractivity contribution in [1.29, 1.82) is 0 Å². The summed E-state index contributed by atoms with van der Waals surface area (Å²) in [6.45, 7) is 0. The topological polar surface area (TPSA) is 45.5 Å². The van der Waals surface area contributed by atoms with Crippen molar-refractivity contribution in [2.24, 2.45) is 4.99 Å². The zero-order valence-electron chi connectivity index (χ0n) is 8.64. The van der Waals surface area contributed by atoms with E-state index in [0.29, 0.717) is 16.4 Å². The molecule has 0 spiro atoms. The SMILES string of the molecule is Oc1c(Cl)cc(Cl)cc1/C=N/c1ccccn1. The Morgan fingerprint density at radius 1 is 1.24 bits per heavy atom. The Bertz CT molecular complexity index is 556. The number of benzene rings is 1. The predicted octanol–water partition coefficient (Wildman–Crippen LogP) is 3.84. The van der Waals surface area contributed by atoms with Crippen molar-refractivity contribution in [3.8, 4) is 5.75 Å². The first-order valence-corrected chi connectivity index (χ1v) is 5.55. The van der Waals surface area contributed by atoms with Crippen molar-refractivity contribution in [3.63, 3.8) is 0 Å². The van der Waals surface area contributed by atoms with E-state index < -0.39 is 0 Å². The van der Waals surface area contributed by atoms with Gasteiger partial charge in [-0.05, 0) is 24.3 Å². The van der Waals surface area contributed by atoms with Crippen LogP contribution in [0.3, 0.4) is 0 Å². The first kappa shape index (κ1) is 11.9. The summed E-state index contributed by atoms with van der Waals surface area (Å²) in [6, 6.07) is 8.42. The summed E-state index contributed by atoms with van der Waals surface area (Å²) in [5, 5.41) is 10.3. The summed E-state index contributed by atoms with van der Waals surface area (Å²) in [4.78, 5) is 8.13. The van der Waals surface area contributed by atoms with Gasteiger partial charge in [-0.2, -0.15) is 0 Å². The zero-order chi connectivity index (χ0) is 12.3.